The molecule has 0 aliphatic carbocycles. The van der Waals surface area contributed by atoms with Crippen LogP contribution >= 0.6 is 0 Å². The molecule has 0 heterocycles. The Labute approximate surface area is 78.0 Å². The molecule has 1 rings (SSSR count). The number of nitriles is 2. The second-order valence-corrected chi connectivity index (χ2v) is 2.94. The molecule has 0 aromatic heterocycles. The summed E-state index contributed by atoms with van der Waals surface area (Å²) in [6.45, 7) is 1.98. The monoisotopic (exact) mass is 170 g/mol. The smallest absolute Gasteiger partial charge is 0.0669 e. The van der Waals surface area contributed by atoms with E-state index in [1.54, 1.807) is 0 Å². The fourth-order valence-electron chi connectivity index (χ4n) is 1.26. The third kappa shape index (κ3) is 2.32. The van der Waals surface area contributed by atoms with Gasteiger partial charge in [-0.25, -0.2) is 0 Å². The number of benzene rings is 1. The van der Waals surface area contributed by atoms with E-state index in [9.17, 15) is 0 Å². The molecular weight excluding hydrogens is 160 g/mol. The summed E-state index contributed by atoms with van der Waals surface area (Å²) in [5.74, 6) is 0. The Kier molecular flexibility index (Phi) is 3.06. The quantitative estimate of drug-likeness (QED) is 0.682. The van der Waals surface area contributed by atoms with E-state index in [0.717, 1.165) is 16.7 Å². The summed E-state index contributed by atoms with van der Waals surface area (Å²) in [6.07, 6.45) is 0.774. The zero-order valence-corrected chi connectivity index (χ0v) is 7.54. The molecule has 64 valence electrons. The SMILES string of the molecule is Cc1ccc(CC#N)c(CC#N)c1. The van der Waals surface area contributed by atoms with Crippen molar-refractivity contribution in [1.29, 1.82) is 10.5 Å². The van der Waals surface area contributed by atoms with Crippen LogP contribution in [0.3, 0.4) is 0 Å². The van der Waals surface area contributed by atoms with Gasteiger partial charge in [0, 0.05) is 0 Å². The Morgan fingerprint density at radius 3 is 2.31 bits per heavy atom. The van der Waals surface area contributed by atoms with Gasteiger partial charge in [0.2, 0.25) is 0 Å². The second-order valence-electron chi connectivity index (χ2n) is 2.94. The predicted octanol–water partition coefficient (Wildman–Crippen LogP) is 2.13. The molecule has 0 N–H and O–H groups in total. The van der Waals surface area contributed by atoms with Crippen molar-refractivity contribution >= 4 is 0 Å². The van der Waals surface area contributed by atoms with Gasteiger partial charge in [-0.3, -0.25) is 0 Å². The van der Waals surface area contributed by atoms with Gasteiger partial charge in [0.1, 0.15) is 0 Å². The molecule has 2 nitrogen and oxygen atoms in total. The maximum atomic E-state index is 8.57. The highest BCUT2D eigenvalue weighted by atomic mass is 14.2. The number of rotatable bonds is 2. The van der Waals surface area contributed by atoms with Crippen molar-refractivity contribution < 1.29 is 0 Å². The van der Waals surface area contributed by atoms with Gasteiger partial charge in [0.25, 0.3) is 0 Å². The zero-order valence-electron chi connectivity index (χ0n) is 7.54. The van der Waals surface area contributed by atoms with Gasteiger partial charge >= 0.3 is 0 Å². The van der Waals surface area contributed by atoms with Crippen LogP contribution < -0.4 is 0 Å². The maximum absolute atomic E-state index is 8.57. The van der Waals surface area contributed by atoms with Gasteiger partial charge in [-0.15, -0.1) is 0 Å². The summed E-state index contributed by atoms with van der Waals surface area (Å²) in [6, 6.07) is 10.0. The van der Waals surface area contributed by atoms with Crippen LogP contribution in [0.25, 0.3) is 0 Å². The first-order chi connectivity index (χ1) is 6.27. The predicted molar refractivity (Wildman–Crippen MR) is 49.8 cm³/mol. The largest absolute Gasteiger partial charge is 0.198 e. The number of hydrogen-bond acceptors (Lipinski definition) is 2. The fourth-order valence-corrected chi connectivity index (χ4v) is 1.26. The Morgan fingerprint density at radius 2 is 1.69 bits per heavy atom. The molecule has 13 heavy (non-hydrogen) atoms. The molecule has 0 spiro atoms. The molecule has 0 amide bonds. The van der Waals surface area contributed by atoms with Crippen molar-refractivity contribution in [3.05, 3.63) is 34.9 Å². The van der Waals surface area contributed by atoms with E-state index in [4.69, 9.17) is 10.5 Å². The standard InChI is InChI=1S/C11H10N2/c1-9-2-3-10(4-6-12)11(8-9)5-7-13/h2-3,8H,4-5H2,1H3. The second kappa shape index (κ2) is 4.28. The summed E-state index contributed by atoms with van der Waals surface area (Å²) in [4.78, 5) is 0. The van der Waals surface area contributed by atoms with Crippen LogP contribution in [0.5, 0.6) is 0 Å². The summed E-state index contributed by atoms with van der Waals surface area (Å²) in [5.41, 5.74) is 3.07. The Balaban J connectivity index is 3.06. The fraction of sp³-hybridized carbons (Fsp3) is 0.273. The summed E-state index contributed by atoms with van der Waals surface area (Å²) in [5, 5.41) is 17.1. The molecule has 0 radical (unpaired) electrons. The lowest BCUT2D eigenvalue weighted by atomic mass is 10.0. The highest BCUT2D eigenvalue weighted by Gasteiger charge is 2.01. The van der Waals surface area contributed by atoms with Crippen molar-refractivity contribution in [1.82, 2.24) is 0 Å². The Morgan fingerprint density at radius 1 is 1.08 bits per heavy atom. The third-order valence-electron chi connectivity index (χ3n) is 1.90. The minimum Gasteiger partial charge on any atom is -0.198 e. The van der Waals surface area contributed by atoms with E-state index in [2.05, 4.69) is 12.1 Å². The van der Waals surface area contributed by atoms with E-state index in [-0.39, 0.29) is 0 Å². The van der Waals surface area contributed by atoms with Crippen LogP contribution in [-0.4, -0.2) is 0 Å². The highest BCUT2D eigenvalue weighted by molar-refractivity contribution is 5.34. The summed E-state index contributed by atoms with van der Waals surface area (Å²) < 4.78 is 0. The lowest BCUT2D eigenvalue weighted by Crippen LogP contribution is -1.92. The van der Waals surface area contributed by atoms with Gasteiger partial charge in [-0.05, 0) is 18.1 Å². The van der Waals surface area contributed by atoms with Gasteiger partial charge < -0.3 is 0 Å². The minimum atomic E-state index is 0.386. The Bertz CT molecular complexity index is 380. The van der Waals surface area contributed by atoms with Crippen LogP contribution in [-0.2, 0) is 12.8 Å². The summed E-state index contributed by atoms with van der Waals surface area (Å²) >= 11 is 0. The number of hydrogen-bond donors (Lipinski definition) is 0. The van der Waals surface area contributed by atoms with Gasteiger partial charge in [0.15, 0.2) is 0 Å². The van der Waals surface area contributed by atoms with E-state index < -0.39 is 0 Å². The lowest BCUT2D eigenvalue weighted by Gasteiger charge is -2.03. The molecule has 0 aliphatic heterocycles. The van der Waals surface area contributed by atoms with Crippen molar-refractivity contribution in [2.24, 2.45) is 0 Å². The van der Waals surface area contributed by atoms with Crippen LogP contribution in [0, 0.1) is 29.6 Å². The normalized spacial score (nSPS) is 8.85. The van der Waals surface area contributed by atoms with E-state index in [1.165, 1.54) is 0 Å². The van der Waals surface area contributed by atoms with Crippen LogP contribution in [0.2, 0.25) is 0 Å². The van der Waals surface area contributed by atoms with E-state index >= 15 is 0 Å². The Hall–Kier alpha value is -1.80. The average Bonchev–Trinajstić information content (AvgIpc) is 2.10. The average molecular weight is 170 g/mol. The van der Waals surface area contributed by atoms with Gasteiger partial charge in [-0.2, -0.15) is 10.5 Å². The van der Waals surface area contributed by atoms with Crippen LogP contribution in [0.15, 0.2) is 18.2 Å². The van der Waals surface area contributed by atoms with Crippen molar-refractivity contribution in [3.63, 3.8) is 0 Å². The van der Waals surface area contributed by atoms with Crippen molar-refractivity contribution in [2.75, 3.05) is 0 Å². The molecule has 0 unspecified atom stereocenters. The molecular formula is C11H10N2. The zero-order chi connectivity index (χ0) is 9.68. The van der Waals surface area contributed by atoms with Gasteiger partial charge in [0.05, 0.1) is 25.0 Å². The molecule has 2 heteroatoms. The minimum absolute atomic E-state index is 0.386. The first kappa shape index (κ1) is 9.29. The molecule has 0 aliphatic rings. The van der Waals surface area contributed by atoms with Gasteiger partial charge in [-0.1, -0.05) is 23.8 Å². The first-order valence-corrected chi connectivity index (χ1v) is 4.10. The van der Waals surface area contributed by atoms with Crippen molar-refractivity contribution in [2.45, 2.75) is 19.8 Å². The van der Waals surface area contributed by atoms with Crippen molar-refractivity contribution in [3.8, 4) is 12.1 Å². The maximum Gasteiger partial charge on any atom is 0.0669 e. The van der Waals surface area contributed by atoms with E-state index in [1.807, 2.05) is 25.1 Å². The molecule has 0 atom stereocenters. The molecule has 0 saturated heterocycles. The molecule has 0 fully saturated rings. The van der Waals surface area contributed by atoms with Crippen LogP contribution in [0.4, 0.5) is 0 Å². The topological polar surface area (TPSA) is 47.6 Å². The van der Waals surface area contributed by atoms with E-state index in [0.29, 0.717) is 12.8 Å². The lowest BCUT2D eigenvalue weighted by molar-refractivity contribution is 1.14. The molecule has 1 aromatic carbocycles. The molecule has 0 saturated carbocycles. The molecule has 0 bridgehead atoms. The van der Waals surface area contributed by atoms with Crippen LogP contribution in [0.1, 0.15) is 16.7 Å². The summed E-state index contributed by atoms with van der Waals surface area (Å²) in [7, 11) is 0. The number of aryl methyl sites for hydroxylation is 1. The highest BCUT2D eigenvalue weighted by Crippen LogP contribution is 2.12. The number of nitrogens with zero attached hydrogens (tertiary/aromatic N) is 2. The molecule has 1 aromatic rings. The first-order valence-electron chi connectivity index (χ1n) is 4.10. The third-order valence-corrected chi connectivity index (χ3v) is 1.90.